The highest BCUT2D eigenvalue weighted by Crippen LogP contribution is 2.36. The molecule has 0 radical (unpaired) electrons. The molecule has 2 aliphatic rings. The van der Waals surface area contributed by atoms with E-state index in [4.69, 9.17) is 5.73 Å². The summed E-state index contributed by atoms with van der Waals surface area (Å²) in [5, 5.41) is 7.84. The van der Waals surface area contributed by atoms with Crippen molar-refractivity contribution in [2.45, 2.75) is 103 Å². The van der Waals surface area contributed by atoms with Crippen LogP contribution in [0, 0.1) is 5.92 Å². The lowest BCUT2D eigenvalue weighted by molar-refractivity contribution is -0.136. The van der Waals surface area contributed by atoms with Crippen LogP contribution >= 0.6 is 0 Å². The van der Waals surface area contributed by atoms with E-state index in [1.54, 1.807) is 4.68 Å². The van der Waals surface area contributed by atoms with Crippen LogP contribution in [0.1, 0.15) is 101 Å². The van der Waals surface area contributed by atoms with Gasteiger partial charge in [0, 0.05) is 50.6 Å². The number of carbonyl (C=O) groups excluding carboxylic acids is 2. The summed E-state index contributed by atoms with van der Waals surface area (Å²) >= 11 is 0. The zero-order valence-corrected chi connectivity index (χ0v) is 28.1. The molecule has 8 nitrogen and oxygen atoms in total. The molecule has 5 rings (SSSR count). The van der Waals surface area contributed by atoms with Gasteiger partial charge in [0.05, 0.1) is 17.1 Å². The third kappa shape index (κ3) is 7.96. The number of nitrogens with zero attached hydrogens (tertiary/aromatic N) is 4. The highest BCUT2D eigenvalue weighted by atomic mass is 16.2. The van der Waals surface area contributed by atoms with Gasteiger partial charge in [0.25, 0.3) is 5.91 Å². The van der Waals surface area contributed by atoms with Crippen molar-refractivity contribution < 1.29 is 9.59 Å². The first-order valence-electron chi connectivity index (χ1n) is 16.8. The lowest BCUT2D eigenvalue weighted by atomic mass is 9.90. The Labute approximate surface area is 269 Å². The number of rotatable bonds is 11. The average Bonchev–Trinajstić information content (AvgIpc) is 3.78. The summed E-state index contributed by atoms with van der Waals surface area (Å²) in [5.74, 6) is 0.305. The number of nitrogens with one attached hydrogen (secondary N) is 1. The molecule has 0 unspecified atom stereocenters. The minimum atomic E-state index is -0.182. The van der Waals surface area contributed by atoms with E-state index >= 15 is 0 Å². The maximum absolute atomic E-state index is 13.6. The van der Waals surface area contributed by atoms with Crippen LogP contribution in [0.4, 0.5) is 11.4 Å². The van der Waals surface area contributed by atoms with Gasteiger partial charge in [-0.3, -0.25) is 14.3 Å². The van der Waals surface area contributed by atoms with Crippen LogP contribution in [0.15, 0.2) is 48.5 Å². The summed E-state index contributed by atoms with van der Waals surface area (Å²) in [4.78, 5) is 31.4. The smallest absolute Gasteiger partial charge is 0.273 e. The van der Waals surface area contributed by atoms with Crippen molar-refractivity contribution in [2.75, 3.05) is 23.8 Å². The van der Waals surface area contributed by atoms with Gasteiger partial charge < -0.3 is 20.9 Å². The van der Waals surface area contributed by atoms with Gasteiger partial charge in [0.2, 0.25) is 5.91 Å². The highest BCUT2D eigenvalue weighted by molar-refractivity contribution is 6.05. The number of aromatic nitrogens is 2. The fourth-order valence-electron chi connectivity index (χ4n) is 6.31. The molecule has 3 N–H and O–H groups in total. The van der Waals surface area contributed by atoms with Gasteiger partial charge in [0.1, 0.15) is 5.69 Å². The molecule has 2 aliphatic carbocycles. The predicted octanol–water partition coefficient (Wildman–Crippen LogP) is 6.88. The Balaban J connectivity index is 1.43. The maximum atomic E-state index is 13.6. The van der Waals surface area contributed by atoms with Crippen LogP contribution in [0.2, 0.25) is 0 Å². The number of anilines is 2. The SMILES string of the molecule is CCCCN(C)c1ccc(-c2cccc(CN(C(=O)C3CC3)C3CCC(N)CC3)c2)cc1NC(=O)c1cc(C(C)(C)C)nn1C. The first-order valence-corrected chi connectivity index (χ1v) is 16.8. The zero-order valence-electron chi connectivity index (χ0n) is 28.1. The topological polar surface area (TPSA) is 96.5 Å². The number of nitrogens with two attached hydrogens (primary N) is 1. The normalized spacial score (nSPS) is 18.5. The molecular weight excluding hydrogens is 560 g/mol. The molecule has 2 saturated carbocycles. The average molecular weight is 613 g/mol. The number of amides is 2. The van der Waals surface area contributed by atoms with E-state index < -0.39 is 0 Å². The molecule has 8 heteroatoms. The summed E-state index contributed by atoms with van der Waals surface area (Å²) in [6.45, 7) is 9.99. The number of carbonyl (C=O) groups is 2. The minimum absolute atomic E-state index is 0.157. The molecule has 0 aliphatic heterocycles. The molecule has 242 valence electrons. The van der Waals surface area contributed by atoms with Gasteiger partial charge in [-0.1, -0.05) is 58.4 Å². The summed E-state index contributed by atoms with van der Waals surface area (Å²) in [7, 11) is 3.89. The molecule has 2 fully saturated rings. The van der Waals surface area contributed by atoms with E-state index in [1.165, 1.54) is 0 Å². The second-order valence-electron chi connectivity index (χ2n) is 14.3. The van der Waals surface area contributed by atoms with E-state index in [1.807, 2.05) is 13.1 Å². The highest BCUT2D eigenvalue weighted by Gasteiger charge is 2.37. The number of hydrogen-bond acceptors (Lipinski definition) is 5. The van der Waals surface area contributed by atoms with E-state index in [9.17, 15) is 9.59 Å². The van der Waals surface area contributed by atoms with Gasteiger partial charge in [-0.2, -0.15) is 5.10 Å². The second-order valence-corrected chi connectivity index (χ2v) is 14.3. The minimum Gasteiger partial charge on any atom is -0.373 e. The first-order chi connectivity index (χ1) is 21.4. The van der Waals surface area contributed by atoms with E-state index in [-0.39, 0.29) is 29.3 Å². The number of unbranched alkanes of at least 4 members (excludes halogenated alkanes) is 1. The third-order valence-electron chi connectivity index (χ3n) is 9.39. The molecular formula is C37H52N6O2. The molecule has 0 bridgehead atoms. The van der Waals surface area contributed by atoms with Crippen molar-refractivity contribution in [1.82, 2.24) is 14.7 Å². The number of benzene rings is 2. The predicted molar refractivity (Wildman–Crippen MR) is 183 cm³/mol. The monoisotopic (exact) mass is 612 g/mol. The lowest BCUT2D eigenvalue weighted by Gasteiger charge is -2.36. The van der Waals surface area contributed by atoms with Crippen LogP contribution < -0.4 is 16.0 Å². The molecule has 2 amide bonds. The van der Waals surface area contributed by atoms with Crippen molar-refractivity contribution in [1.29, 1.82) is 0 Å². The van der Waals surface area contributed by atoms with E-state index in [0.29, 0.717) is 18.1 Å². The second kappa shape index (κ2) is 13.8. The van der Waals surface area contributed by atoms with Gasteiger partial charge in [-0.25, -0.2) is 0 Å². The first kappa shape index (κ1) is 32.7. The largest absolute Gasteiger partial charge is 0.373 e. The standard InChI is InChI=1S/C37H52N6O2/c1-7-8-20-41(5)32-19-14-28(22-31(32)39-35(44)33-23-34(37(2,3)4)40-42(33)6)27-11-9-10-25(21-27)24-43(36(45)26-12-13-26)30-17-15-29(38)16-18-30/h9-11,14,19,21-23,26,29-30H,7-8,12-13,15-18,20,24,38H2,1-6H3,(H,39,44). The molecule has 1 aromatic heterocycles. The van der Waals surface area contributed by atoms with Gasteiger partial charge in [-0.05, 0) is 85.9 Å². The van der Waals surface area contributed by atoms with Crippen LogP contribution in [-0.2, 0) is 23.8 Å². The molecule has 0 spiro atoms. The van der Waals surface area contributed by atoms with Gasteiger partial charge in [-0.15, -0.1) is 0 Å². The van der Waals surface area contributed by atoms with Crippen molar-refractivity contribution >= 4 is 23.2 Å². The Morgan fingerprint density at radius 2 is 1.71 bits per heavy atom. The van der Waals surface area contributed by atoms with Crippen LogP contribution in [0.3, 0.4) is 0 Å². The molecule has 45 heavy (non-hydrogen) atoms. The molecule has 1 heterocycles. The van der Waals surface area contributed by atoms with Crippen molar-refractivity contribution in [3.8, 4) is 11.1 Å². The van der Waals surface area contributed by atoms with Crippen LogP contribution in [0.5, 0.6) is 0 Å². The number of hydrogen-bond donors (Lipinski definition) is 2. The zero-order chi connectivity index (χ0) is 32.3. The van der Waals surface area contributed by atoms with Crippen LogP contribution in [0.25, 0.3) is 11.1 Å². The Hall–Kier alpha value is -3.65. The molecule has 2 aromatic carbocycles. The summed E-state index contributed by atoms with van der Waals surface area (Å²) in [6.07, 6.45) is 8.07. The van der Waals surface area contributed by atoms with Crippen molar-refractivity contribution in [3.05, 3.63) is 65.5 Å². The van der Waals surface area contributed by atoms with E-state index in [2.05, 4.69) is 97.4 Å². The Kier molecular flexibility index (Phi) is 10.0. The Morgan fingerprint density at radius 1 is 1.00 bits per heavy atom. The van der Waals surface area contributed by atoms with Crippen molar-refractivity contribution in [3.63, 3.8) is 0 Å². The van der Waals surface area contributed by atoms with E-state index in [0.717, 1.165) is 91.7 Å². The van der Waals surface area contributed by atoms with Gasteiger partial charge in [0.15, 0.2) is 0 Å². The van der Waals surface area contributed by atoms with Gasteiger partial charge >= 0.3 is 0 Å². The molecule has 0 saturated heterocycles. The summed E-state index contributed by atoms with van der Waals surface area (Å²) in [5.41, 5.74) is 12.4. The Bertz CT molecular complexity index is 1490. The molecule has 3 aromatic rings. The van der Waals surface area contributed by atoms with Crippen LogP contribution in [-0.4, -0.2) is 52.2 Å². The quantitative estimate of drug-likeness (QED) is 0.246. The maximum Gasteiger partial charge on any atom is 0.273 e. The fraction of sp³-hybridized carbons (Fsp3) is 0.541. The Morgan fingerprint density at radius 3 is 2.36 bits per heavy atom. The molecule has 0 atom stereocenters. The summed E-state index contributed by atoms with van der Waals surface area (Å²) in [6, 6.07) is 17.2. The summed E-state index contributed by atoms with van der Waals surface area (Å²) < 4.78 is 1.67. The fourth-order valence-corrected chi connectivity index (χ4v) is 6.31. The number of aryl methyl sites for hydroxylation is 1. The third-order valence-corrected chi connectivity index (χ3v) is 9.39. The lowest BCUT2D eigenvalue weighted by Crippen LogP contribution is -2.44. The van der Waals surface area contributed by atoms with Crippen molar-refractivity contribution in [2.24, 2.45) is 18.7 Å².